The molecule has 1 N–H and O–H groups in total. The molecule has 1 unspecified atom stereocenters. The third-order valence-electron chi connectivity index (χ3n) is 4.83. The van der Waals surface area contributed by atoms with Gasteiger partial charge in [0, 0.05) is 18.5 Å². The molecule has 1 aliphatic carbocycles. The first-order valence-electron chi connectivity index (χ1n) is 7.74. The summed E-state index contributed by atoms with van der Waals surface area (Å²) in [6.45, 7) is 5.98. The summed E-state index contributed by atoms with van der Waals surface area (Å²) in [5, 5.41) is 9.76. The zero-order valence-corrected chi connectivity index (χ0v) is 11.9. The lowest BCUT2D eigenvalue weighted by atomic mass is 9.76. The highest BCUT2D eigenvalue weighted by atomic mass is 16.3. The van der Waals surface area contributed by atoms with Crippen LogP contribution in [-0.4, -0.2) is 29.6 Å². The van der Waals surface area contributed by atoms with Gasteiger partial charge >= 0.3 is 0 Å². The second-order valence-corrected chi connectivity index (χ2v) is 6.51. The van der Waals surface area contributed by atoms with Gasteiger partial charge in [0.2, 0.25) is 0 Å². The van der Waals surface area contributed by atoms with Gasteiger partial charge in [-0.15, -0.1) is 0 Å². The van der Waals surface area contributed by atoms with Crippen LogP contribution in [0, 0.1) is 5.92 Å². The molecule has 0 aromatic heterocycles. The average Bonchev–Trinajstić information content (AvgIpc) is 3.11. The van der Waals surface area contributed by atoms with Crippen LogP contribution in [0.15, 0.2) is 24.3 Å². The predicted molar refractivity (Wildman–Crippen MR) is 78.5 cm³/mol. The summed E-state index contributed by atoms with van der Waals surface area (Å²) in [6, 6.07) is 7.96. The summed E-state index contributed by atoms with van der Waals surface area (Å²) in [5.41, 5.74) is 1.62. The Morgan fingerprint density at radius 2 is 2.21 bits per heavy atom. The van der Waals surface area contributed by atoms with Gasteiger partial charge in [-0.25, -0.2) is 0 Å². The maximum Gasteiger partial charge on any atom is 0.115 e. The van der Waals surface area contributed by atoms with E-state index in [1.165, 1.54) is 57.3 Å². The van der Waals surface area contributed by atoms with E-state index in [9.17, 15) is 5.11 Å². The van der Waals surface area contributed by atoms with Gasteiger partial charge in [0.15, 0.2) is 0 Å². The van der Waals surface area contributed by atoms with Gasteiger partial charge in [-0.1, -0.05) is 25.5 Å². The van der Waals surface area contributed by atoms with E-state index >= 15 is 0 Å². The number of rotatable bonds is 5. The van der Waals surface area contributed by atoms with Gasteiger partial charge in [-0.05, 0) is 55.8 Å². The SMILES string of the molecule is CCCC1(c2cccc(O)c2)CCN(CC2CC2)C1. The summed E-state index contributed by atoms with van der Waals surface area (Å²) in [5.74, 6) is 1.38. The molecule has 2 fully saturated rings. The minimum absolute atomic E-state index is 0.280. The molecule has 2 aliphatic rings. The molecule has 1 atom stereocenters. The Balaban J connectivity index is 1.79. The smallest absolute Gasteiger partial charge is 0.115 e. The highest BCUT2D eigenvalue weighted by molar-refractivity contribution is 5.34. The van der Waals surface area contributed by atoms with Crippen LogP contribution < -0.4 is 0 Å². The molecule has 1 aliphatic heterocycles. The van der Waals surface area contributed by atoms with Crippen LogP contribution in [0.4, 0.5) is 0 Å². The molecule has 1 saturated heterocycles. The van der Waals surface area contributed by atoms with E-state index in [-0.39, 0.29) is 5.41 Å². The van der Waals surface area contributed by atoms with E-state index in [1.807, 2.05) is 12.1 Å². The Morgan fingerprint density at radius 1 is 1.37 bits per heavy atom. The van der Waals surface area contributed by atoms with Crippen molar-refractivity contribution in [2.75, 3.05) is 19.6 Å². The van der Waals surface area contributed by atoms with Crippen molar-refractivity contribution in [2.24, 2.45) is 5.92 Å². The summed E-state index contributed by atoms with van der Waals surface area (Å²) < 4.78 is 0. The lowest BCUT2D eigenvalue weighted by Gasteiger charge is -2.30. The van der Waals surface area contributed by atoms with Crippen LogP contribution in [0.2, 0.25) is 0 Å². The van der Waals surface area contributed by atoms with Gasteiger partial charge in [0.1, 0.15) is 5.75 Å². The Bertz CT molecular complexity index is 441. The molecule has 0 radical (unpaired) electrons. The molecule has 1 heterocycles. The Kier molecular flexibility index (Phi) is 3.53. The first-order chi connectivity index (χ1) is 9.22. The zero-order chi connectivity index (χ0) is 13.3. The molecule has 0 bridgehead atoms. The fourth-order valence-corrected chi connectivity index (χ4v) is 3.68. The number of benzene rings is 1. The second-order valence-electron chi connectivity index (χ2n) is 6.51. The first-order valence-corrected chi connectivity index (χ1v) is 7.74. The van der Waals surface area contributed by atoms with E-state index in [1.54, 1.807) is 6.07 Å². The number of hydrogen-bond donors (Lipinski definition) is 1. The summed E-state index contributed by atoms with van der Waals surface area (Å²) in [4.78, 5) is 2.65. The van der Waals surface area contributed by atoms with Gasteiger partial charge in [0.05, 0.1) is 0 Å². The highest BCUT2D eigenvalue weighted by Crippen LogP contribution is 2.41. The standard InChI is InChI=1S/C17H25NO/c1-2-8-17(15-4-3-5-16(19)11-15)9-10-18(13-17)12-14-6-7-14/h3-5,11,14,19H,2,6-10,12-13H2,1H3. The van der Waals surface area contributed by atoms with Crippen LogP contribution >= 0.6 is 0 Å². The Labute approximate surface area is 116 Å². The van der Waals surface area contributed by atoms with Crippen molar-refractivity contribution in [1.82, 2.24) is 4.90 Å². The van der Waals surface area contributed by atoms with Crippen molar-refractivity contribution in [3.05, 3.63) is 29.8 Å². The van der Waals surface area contributed by atoms with Gasteiger partial charge in [-0.3, -0.25) is 0 Å². The topological polar surface area (TPSA) is 23.5 Å². The molecular formula is C17H25NO. The monoisotopic (exact) mass is 259 g/mol. The summed E-state index contributed by atoms with van der Waals surface area (Å²) in [6.07, 6.45) is 6.56. The largest absolute Gasteiger partial charge is 0.508 e. The predicted octanol–water partition coefficient (Wildman–Crippen LogP) is 3.55. The van der Waals surface area contributed by atoms with Crippen molar-refractivity contribution in [3.8, 4) is 5.75 Å². The molecular weight excluding hydrogens is 234 g/mol. The highest BCUT2D eigenvalue weighted by Gasteiger charge is 2.40. The Hall–Kier alpha value is -1.02. The van der Waals surface area contributed by atoms with Crippen molar-refractivity contribution in [2.45, 2.75) is 44.4 Å². The minimum Gasteiger partial charge on any atom is -0.508 e. The van der Waals surface area contributed by atoms with Gasteiger partial charge < -0.3 is 10.0 Å². The van der Waals surface area contributed by atoms with Gasteiger partial charge in [0.25, 0.3) is 0 Å². The van der Waals surface area contributed by atoms with Crippen molar-refractivity contribution < 1.29 is 5.11 Å². The third kappa shape index (κ3) is 2.79. The molecule has 1 saturated carbocycles. The van der Waals surface area contributed by atoms with Crippen LogP contribution in [0.25, 0.3) is 0 Å². The molecule has 1 aromatic carbocycles. The van der Waals surface area contributed by atoms with Crippen molar-refractivity contribution in [1.29, 1.82) is 0 Å². The number of hydrogen-bond acceptors (Lipinski definition) is 2. The van der Waals surface area contributed by atoms with Crippen molar-refractivity contribution >= 4 is 0 Å². The molecule has 19 heavy (non-hydrogen) atoms. The second kappa shape index (κ2) is 5.16. The fourth-order valence-electron chi connectivity index (χ4n) is 3.68. The number of phenolic OH excluding ortho intramolecular Hbond substituents is 1. The van der Waals surface area contributed by atoms with E-state index in [2.05, 4.69) is 17.9 Å². The molecule has 2 nitrogen and oxygen atoms in total. The molecule has 1 aromatic rings. The molecule has 3 rings (SSSR count). The van der Waals surface area contributed by atoms with E-state index in [0.29, 0.717) is 5.75 Å². The number of likely N-dealkylation sites (tertiary alicyclic amines) is 1. The lowest BCUT2D eigenvalue weighted by Crippen LogP contribution is -2.32. The molecule has 0 amide bonds. The zero-order valence-electron chi connectivity index (χ0n) is 11.9. The maximum absolute atomic E-state index is 9.76. The number of nitrogens with zero attached hydrogens (tertiary/aromatic N) is 1. The minimum atomic E-state index is 0.280. The Morgan fingerprint density at radius 3 is 2.89 bits per heavy atom. The summed E-state index contributed by atoms with van der Waals surface area (Å²) >= 11 is 0. The molecule has 104 valence electrons. The van der Waals surface area contributed by atoms with Crippen LogP contribution in [0.1, 0.15) is 44.6 Å². The number of aromatic hydroxyl groups is 1. The third-order valence-corrected chi connectivity index (χ3v) is 4.83. The maximum atomic E-state index is 9.76. The fraction of sp³-hybridized carbons (Fsp3) is 0.647. The molecule has 2 heteroatoms. The first kappa shape index (κ1) is 13.0. The van der Waals surface area contributed by atoms with E-state index in [4.69, 9.17) is 0 Å². The quantitative estimate of drug-likeness (QED) is 0.874. The van der Waals surface area contributed by atoms with Gasteiger partial charge in [-0.2, -0.15) is 0 Å². The lowest BCUT2D eigenvalue weighted by molar-refractivity contribution is 0.290. The normalized spacial score (nSPS) is 27.8. The van der Waals surface area contributed by atoms with E-state index in [0.717, 1.165) is 5.92 Å². The number of phenols is 1. The summed E-state index contributed by atoms with van der Waals surface area (Å²) in [7, 11) is 0. The molecule has 0 spiro atoms. The van der Waals surface area contributed by atoms with E-state index < -0.39 is 0 Å². The average molecular weight is 259 g/mol. The van der Waals surface area contributed by atoms with Crippen LogP contribution in [0.5, 0.6) is 5.75 Å². The van der Waals surface area contributed by atoms with Crippen LogP contribution in [0.3, 0.4) is 0 Å². The van der Waals surface area contributed by atoms with Crippen LogP contribution in [-0.2, 0) is 5.41 Å². The van der Waals surface area contributed by atoms with Crippen molar-refractivity contribution in [3.63, 3.8) is 0 Å².